The number of aliphatic hydroxyl groups is 1. The van der Waals surface area contributed by atoms with Gasteiger partial charge in [0, 0.05) is 12.6 Å². The van der Waals surface area contributed by atoms with Gasteiger partial charge in [-0.05, 0) is 47.8 Å². The third-order valence-electron chi connectivity index (χ3n) is 3.13. The summed E-state index contributed by atoms with van der Waals surface area (Å²) in [6, 6.07) is 3.16. The Hall–Kier alpha value is -0.920. The van der Waals surface area contributed by atoms with Gasteiger partial charge in [-0.2, -0.15) is 0 Å². The minimum Gasteiger partial charge on any atom is -0.395 e. The van der Waals surface area contributed by atoms with E-state index in [-0.39, 0.29) is 24.5 Å². The molecule has 0 spiro atoms. The summed E-state index contributed by atoms with van der Waals surface area (Å²) in [6.45, 7) is 1.95. The molecular weight excluding hydrogens is 344 g/mol. The van der Waals surface area contributed by atoms with E-state index in [0.29, 0.717) is 11.4 Å². The van der Waals surface area contributed by atoms with Crippen molar-refractivity contribution in [3.05, 3.63) is 20.8 Å². The number of hydrogen-bond acceptors (Lipinski definition) is 4. The van der Waals surface area contributed by atoms with Crippen LogP contribution in [0.5, 0.6) is 0 Å². The highest BCUT2D eigenvalue weighted by Crippen LogP contribution is 2.27. The van der Waals surface area contributed by atoms with Crippen LogP contribution in [-0.2, 0) is 4.79 Å². The molecule has 1 atom stereocenters. The van der Waals surface area contributed by atoms with Gasteiger partial charge in [-0.25, -0.2) is 0 Å². The van der Waals surface area contributed by atoms with Gasteiger partial charge in [0.05, 0.1) is 15.3 Å². The smallest absolute Gasteiger partial charge is 0.262 e. The zero-order valence-electron chi connectivity index (χ0n) is 11.1. The Bertz CT molecular complexity index is 502. The van der Waals surface area contributed by atoms with Crippen molar-refractivity contribution in [1.29, 1.82) is 0 Å². The second-order valence-corrected chi connectivity index (χ2v) is 7.25. The molecule has 2 rings (SSSR count). The first-order valence-electron chi connectivity index (χ1n) is 6.50. The predicted octanol–water partition coefficient (Wildman–Crippen LogP) is 1.61. The summed E-state index contributed by atoms with van der Waals surface area (Å²) in [5.41, 5.74) is 0. The first-order chi connectivity index (χ1) is 9.52. The quantitative estimate of drug-likeness (QED) is 0.809. The van der Waals surface area contributed by atoms with E-state index in [0.717, 1.165) is 16.6 Å². The number of carbonyl (C=O) groups excluding carboxylic acids is 2. The van der Waals surface area contributed by atoms with Crippen LogP contribution in [0.15, 0.2) is 15.9 Å². The summed E-state index contributed by atoms with van der Waals surface area (Å²) >= 11 is 4.63. The van der Waals surface area contributed by atoms with E-state index in [1.165, 1.54) is 11.3 Å². The third kappa shape index (κ3) is 3.80. The highest BCUT2D eigenvalue weighted by molar-refractivity contribution is 9.11. The molecule has 1 fully saturated rings. The Balaban J connectivity index is 1.94. The summed E-state index contributed by atoms with van der Waals surface area (Å²) < 4.78 is 0.876. The molecule has 0 saturated heterocycles. The second-order valence-electron chi connectivity index (χ2n) is 4.79. The highest BCUT2D eigenvalue weighted by Gasteiger charge is 2.34. The molecule has 2 N–H and O–H groups in total. The molecule has 110 valence electrons. The normalized spacial score (nSPS) is 15.8. The number of rotatable bonds is 6. The molecule has 1 aliphatic carbocycles. The molecule has 5 nitrogen and oxygen atoms in total. The maximum absolute atomic E-state index is 12.3. The van der Waals surface area contributed by atoms with Crippen LogP contribution in [0.2, 0.25) is 0 Å². The summed E-state index contributed by atoms with van der Waals surface area (Å²) in [7, 11) is 0. The number of halogens is 1. The van der Waals surface area contributed by atoms with Crippen LogP contribution in [0.1, 0.15) is 29.4 Å². The zero-order valence-corrected chi connectivity index (χ0v) is 13.5. The van der Waals surface area contributed by atoms with E-state index in [1.54, 1.807) is 24.0 Å². The molecule has 0 aliphatic heterocycles. The van der Waals surface area contributed by atoms with Crippen LogP contribution < -0.4 is 5.32 Å². The van der Waals surface area contributed by atoms with Crippen molar-refractivity contribution >= 4 is 39.1 Å². The van der Waals surface area contributed by atoms with Crippen LogP contribution in [0, 0.1) is 0 Å². The van der Waals surface area contributed by atoms with Crippen LogP contribution >= 0.6 is 27.3 Å². The summed E-state index contributed by atoms with van der Waals surface area (Å²) in [4.78, 5) is 26.5. The molecule has 0 aromatic carbocycles. The van der Waals surface area contributed by atoms with Crippen molar-refractivity contribution in [1.82, 2.24) is 10.2 Å². The molecule has 1 aliphatic rings. The van der Waals surface area contributed by atoms with E-state index in [1.807, 2.05) is 0 Å². The molecule has 0 radical (unpaired) electrons. The van der Waals surface area contributed by atoms with Crippen LogP contribution in [0.4, 0.5) is 0 Å². The average molecular weight is 361 g/mol. The van der Waals surface area contributed by atoms with Crippen LogP contribution in [0.3, 0.4) is 0 Å². The number of thiophene rings is 1. The molecular formula is C13H17BrN2O3S. The number of nitrogens with zero attached hydrogens (tertiary/aromatic N) is 1. The fourth-order valence-electron chi connectivity index (χ4n) is 1.98. The maximum Gasteiger partial charge on any atom is 0.262 e. The zero-order chi connectivity index (χ0) is 14.7. The highest BCUT2D eigenvalue weighted by atomic mass is 79.9. The molecule has 1 aromatic heterocycles. The first-order valence-corrected chi connectivity index (χ1v) is 8.11. The molecule has 2 amide bonds. The third-order valence-corrected chi connectivity index (χ3v) is 4.75. The van der Waals surface area contributed by atoms with E-state index in [4.69, 9.17) is 5.11 Å². The van der Waals surface area contributed by atoms with Gasteiger partial charge in [0.15, 0.2) is 0 Å². The molecule has 1 heterocycles. The molecule has 0 bridgehead atoms. The van der Waals surface area contributed by atoms with Gasteiger partial charge in [0.2, 0.25) is 5.91 Å². The lowest BCUT2D eigenvalue weighted by atomic mass is 10.2. The van der Waals surface area contributed by atoms with Gasteiger partial charge in [-0.3, -0.25) is 9.59 Å². The van der Waals surface area contributed by atoms with Crippen molar-refractivity contribution in [2.45, 2.75) is 31.8 Å². The summed E-state index contributed by atoms with van der Waals surface area (Å²) in [5.74, 6) is -0.383. The SMILES string of the molecule is CC(NC(=O)c1ccc(Br)s1)C(=O)N(CCO)C1CC1. The Morgan fingerprint density at radius 1 is 1.55 bits per heavy atom. The summed E-state index contributed by atoms with van der Waals surface area (Å²) in [6.07, 6.45) is 1.95. The van der Waals surface area contributed by atoms with Gasteiger partial charge >= 0.3 is 0 Å². The molecule has 7 heteroatoms. The lowest BCUT2D eigenvalue weighted by Gasteiger charge is -2.25. The van der Waals surface area contributed by atoms with Crippen molar-refractivity contribution in [3.8, 4) is 0 Å². The largest absolute Gasteiger partial charge is 0.395 e. The maximum atomic E-state index is 12.3. The van der Waals surface area contributed by atoms with E-state index < -0.39 is 6.04 Å². The monoisotopic (exact) mass is 360 g/mol. The molecule has 1 saturated carbocycles. The Labute approximate surface area is 130 Å². The lowest BCUT2D eigenvalue weighted by Crippen LogP contribution is -2.48. The average Bonchev–Trinajstić information content (AvgIpc) is 3.16. The van der Waals surface area contributed by atoms with Crippen molar-refractivity contribution in [3.63, 3.8) is 0 Å². The summed E-state index contributed by atoms with van der Waals surface area (Å²) in [5, 5.41) is 11.7. The van der Waals surface area contributed by atoms with Crippen molar-refractivity contribution < 1.29 is 14.7 Å². The van der Waals surface area contributed by atoms with Crippen molar-refractivity contribution in [2.24, 2.45) is 0 Å². The standard InChI is InChI=1S/C13H17BrN2O3S/c1-8(13(19)16(6-7-17)9-2-3-9)15-12(18)10-4-5-11(14)20-10/h4-5,8-9,17H,2-3,6-7H2,1H3,(H,15,18). The van der Waals surface area contributed by atoms with E-state index >= 15 is 0 Å². The van der Waals surface area contributed by atoms with Gasteiger partial charge in [0.1, 0.15) is 6.04 Å². The molecule has 1 aromatic rings. The number of aliphatic hydroxyl groups excluding tert-OH is 1. The fourth-order valence-corrected chi connectivity index (χ4v) is 3.27. The van der Waals surface area contributed by atoms with E-state index in [2.05, 4.69) is 21.2 Å². The van der Waals surface area contributed by atoms with E-state index in [9.17, 15) is 9.59 Å². The molecule has 1 unspecified atom stereocenters. The van der Waals surface area contributed by atoms with Crippen LogP contribution in [0.25, 0.3) is 0 Å². The second kappa shape index (κ2) is 6.69. The Morgan fingerprint density at radius 3 is 2.75 bits per heavy atom. The van der Waals surface area contributed by atoms with Gasteiger partial charge in [-0.15, -0.1) is 11.3 Å². The van der Waals surface area contributed by atoms with Gasteiger partial charge < -0.3 is 15.3 Å². The fraction of sp³-hybridized carbons (Fsp3) is 0.538. The van der Waals surface area contributed by atoms with Crippen LogP contribution in [-0.4, -0.2) is 47.1 Å². The minimum absolute atomic E-state index is 0.0548. The van der Waals surface area contributed by atoms with Gasteiger partial charge in [-0.1, -0.05) is 0 Å². The first kappa shape index (κ1) is 15.5. The number of amides is 2. The van der Waals surface area contributed by atoms with Crippen molar-refractivity contribution in [2.75, 3.05) is 13.2 Å². The Kier molecular flexibility index (Phi) is 5.17. The van der Waals surface area contributed by atoms with Gasteiger partial charge in [0.25, 0.3) is 5.91 Å². The topological polar surface area (TPSA) is 69.6 Å². The number of carbonyl (C=O) groups is 2. The number of nitrogens with one attached hydrogen (secondary N) is 1. The lowest BCUT2D eigenvalue weighted by molar-refractivity contribution is -0.133. The number of hydrogen-bond donors (Lipinski definition) is 2. The minimum atomic E-state index is -0.587. The molecule has 20 heavy (non-hydrogen) atoms. The predicted molar refractivity (Wildman–Crippen MR) is 80.8 cm³/mol. The Morgan fingerprint density at radius 2 is 2.25 bits per heavy atom.